The lowest BCUT2D eigenvalue weighted by Gasteiger charge is -2.39. The summed E-state index contributed by atoms with van der Waals surface area (Å²) in [6, 6.07) is 7.43. The van der Waals surface area contributed by atoms with E-state index in [-0.39, 0.29) is 0 Å². The van der Waals surface area contributed by atoms with Crippen molar-refractivity contribution in [2.75, 3.05) is 10.6 Å². The van der Waals surface area contributed by atoms with Crippen LogP contribution in [-0.4, -0.2) is 12.2 Å². The molecule has 4 rings (SSSR count). The van der Waals surface area contributed by atoms with Crippen LogP contribution in [0, 0.1) is 5.92 Å². The van der Waals surface area contributed by atoms with Gasteiger partial charge < -0.3 is 16.4 Å². The van der Waals surface area contributed by atoms with Crippen molar-refractivity contribution < 1.29 is 0 Å². The fourth-order valence-electron chi connectivity index (χ4n) is 4.14. The zero-order valence-electron chi connectivity index (χ0n) is 13.0. The van der Waals surface area contributed by atoms with Crippen LogP contribution in [0.3, 0.4) is 0 Å². The maximum absolute atomic E-state index is 5.87. The molecule has 0 radical (unpaired) electrons. The monoisotopic (exact) mass is 285 g/mol. The van der Waals surface area contributed by atoms with Crippen molar-refractivity contribution >= 4 is 11.4 Å². The second kappa shape index (κ2) is 4.91. The molecule has 1 aliphatic heterocycles. The molecular formula is C18H27N3. The van der Waals surface area contributed by atoms with E-state index in [1.807, 2.05) is 0 Å². The van der Waals surface area contributed by atoms with E-state index >= 15 is 0 Å². The fourth-order valence-corrected chi connectivity index (χ4v) is 4.14. The standard InChI is InChI=1S/C18H27N3/c1-18(7-2-8-18)13-4-5-15-16(11-13)21-17(20-15)6-3-12-9-14(19)10-12/h4-5,11-12,14,17,20-21H,2-3,6-10,19H2,1H3. The Bertz CT molecular complexity index is 529. The lowest BCUT2D eigenvalue weighted by Crippen LogP contribution is -2.37. The molecule has 1 aromatic carbocycles. The van der Waals surface area contributed by atoms with Gasteiger partial charge in [-0.2, -0.15) is 0 Å². The van der Waals surface area contributed by atoms with Gasteiger partial charge in [-0.25, -0.2) is 0 Å². The molecule has 0 spiro atoms. The van der Waals surface area contributed by atoms with Crippen LogP contribution in [0.1, 0.15) is 57.4 Å². The molecule has 3 heteroatoms. The van der Waals surface area contributed by atoms with Gasteiger partial charge in [-0.3, -0.25) is 0 Å². The number of hydrogen-bond donors (Lipinski definition) is 3. The molecule has 21 heavy (non-hydrogen) atoms. The maximum atomic E-state index is 5.87. The van der Waals surface area contributed by atoms with Crippen LogP contribution in [0.5, 0.6) is 0 Å². The topological polar surface area (TPSA) is 50.1 Å². The lowest BCUT2D eigenvalue weighted by atomic mass is 9.66. The molecule has 1 unspecified atom stereocenters. The highest BCUT2D eigenvalue weighted by Crippen LogP contribution is 2.45. The summed E-state index contributed by atoms with van der Waals surface area (Å²) in [7, 11) is 0. The second-order valence-electron chi connectivity index (χ2n) is 7.69. The van der Waals surface area contributed by atoms with Gasteiger partial charge in [-0.1, -0.05) is 19.4 Å². The molecule has 0 bridgehead atoms. The van der Waals surface area contributed by atoms with E-state index < -0.39 is 0 Å². The van der Waals surface area contributed by atoms with E-state index in [4.69, 9.17) is 5.73 Å². The highest BCUT2D eigenvalue weighted by atomic mass is 15.2. The minimum atomic E-state index is 0.404. The number of fused-ring (bicyclic) bond motifs is 1. The van der Waals surface area contributed by atoms with Gasteiger partial charge in [-0.15, -0.1) is 0 Å². The largest absolute Gasteiger partial charge is 0.364 e. The van der Waals surface area contributed by atoms with Gasteiger partial charge in [0, 0.05) is 6.04 Å². The van der Waals surface area contributed by atoms with Gasteiger partial charge in [0.2, 0.25) is 0 Å². The first-order chi connectivity index (χ1) is 10.1. The molecule has 0 saturated heterocycles. The Morgan fingerprint density at radius 3 is 2.57 bits per heavy atom. The van der Waals surface area contributed by atoms with E-state index in [1.165, 1.54) is 61.9 Å². The number of rotatable bonds is 4. The Morgan fingerprint density at radius 2 is 1.90 bits per heavy atom. The molecule has 0 amide bonds. The molecule has 1 atom stereocenters. The normalized spacial score (nSPS) is 32.4. The summed E-state index contributed by atoms with van der Waals surface area (Å²) in [5.74, 6) is 0.858. The van der Waals surface area contributed by atoms with Gasteiger partial charge in [0.05, 0.1) is 17.5 Å². The van der Waals surface area contributed by atoms with Crippen LogP contribution in [0.15, 0.2) is 18.2 Å². The Hall–Kier alpha value is -1.22. The van der Waals surface area contributed by atoms with Crippen LogP contribution in [-0.2, 0) is 5.41 Å². The van der Waals surface area contributed by atoms with E-state index in [9.17, 15) is 0 Å². The minimum absolute atomic E-state index is 0.404. The van der Waals surface area contributed by atoms with Crippen molar-refractivity contribution in [3.05, 3.63) is 23.8 Å². The van der Waals surface area contributed by atoms with Crippen LogP contribution in [0.2, 0.25) is 0 Å². The van der Waals surface area contributed by atoms with Crippen molar-refractivity contribution in [2.45, 2.75) is 69.5 Å². The van der Waals surface area contributed by atoms with Crippen molar-refractivity contribution in [2.24, 2.45) is 11.7 Å². The number of nitrogens with one attached hydrogen (secondary N) is 2. The number of hydrogen-bond acceptors (Lipinski definition) is 3. The molecule has 2 saturated carbocycles. The van der Waals surface area contributed by atoms with Gasteiger partial charge in [0.1, 0.15) is 0 Å². The Balaban J connectivity index is 1.37. The molecule has 3 aliphatic rings. The first-order valence-electron chi connectivity index (χ1n) is 8.56. The van der Waals surface area contributed by atoms with Gasteiger partial charge in [0.15, 0.2) is 0 Å². The fraction of sp³-hybridized carbons (Fsp3) is 0.667. The maximum Gasteiger partial charge on any atom is 0.0964 e. The van der Waals surface area contributed by atoms with Crippen molar-refractivity contribution in [3.63, 3.8) is 0 Å². The van der Waals surface area contributed by atoms with E-state index in [1.54, 1.807) is 0 Å². The Morgan fingerprint density at radius 1 is 1.14 bits per heavy atom. The molecular weight excluding hydrogens is 258 g/mol. The Labute approximate surface area is 127 Å². The third-order valence-electron chi connectivity index (χ3n) is 5.97. The zero-order chi connectivity index (χ0) is 14.4. The van der Waals surface area contributed by atoms with Crippen LogP contribution in [0.4, 0.5) is 11.4 Å². The summed E-state index contributed by atoms with van der Waals surface area (Å²) in [6.45, 7) is 2.40. The number of anilines is 2. The molecule has 0 aromatic heterocycles. The number of nitrogens with two attached hydrogens (primary N) is 1. The third kappa shape index (κ3) is 2.42. The quantitative estimate of drug-likeness (QED) is 0.788. The Kier molecular flexibility index (Phi) is 3.14. The predicted octanol–water partition coefficient (Wildman–Crippen LogP) is 3.81. The summed E-state index contributed by atoms with van der Waals surface area (Å²) < 4.78 is 0. The third-order valence-corrected chi connectivity index (χ3v) is 5.97. The lowest BCUT2D eigenvalue weighted by molar-refractivity contribution is 0.243. The second-order valence-corrected chi connectivity index (χ2v) is 7.69. The smallest absolute Gasteiger partial charge is 0.0964 e. The van der Waals surface area contributed by atoms with E-state index in [0.29, 0.717) is 17.6 Å². The SMILES string of the molecule is CC1(c2ccc3c(c2)NC(CCC2CC(N)C2)N3)CCC1. The summed E-state index contributed by atoms with van der Waals surface area (Å²) in [4.78, 5) is 0. The van der Waals surface area contributed by atoms with Gasteiger partial charge in [-0.05, 0) is 67.6 Å². The average molecular weight is 285 g/mol. The predicted molar refractivity (Wildman–Crippen MR) is 88.6 cm³/mol. The first-order valence-corrected chi connectivity index (χ1v) is 8.56. The van der Waals surface area contributed by atoms with Crippen LogP contribution < -0.4 is 16.4 Å². The van der Waals surface area contributed by atoms with Crippen LogP contribution >= 0.6 is 0 Å². The molecule has 2 aliphatic carbocycles. The molecule has 1 heterocycles. The van der Waals surface area contributed by atoms with E-state index in [0.717, 1.165) is 5.92 Å². The first kappa shape index (κ1) is 13.4. The molecule has 1 aromatic rings. The zero-order valence-corrected chi connectivity index (χ0v) is 13.0. The summed E-state index contributed by atoms with van der Waals surface area (Å²) in [5, 5.41) is 7.29. The average Bonchev–Trinajstić information content (AvgIpc) is 2.81. The summed E-state index contributed by atoms with van der Waals surface area (Å²) >= 11 is 0. The van der Waals surface area contributed by atoms with Gasteiger partial charge in [0.25, 0.3) is 0 Å². The molecule has 4 N–H and O–H groups in total. The highest BCUT2D eigenvalue weighted by molar-refractivity contribution is 5.75. The van der Waals surface area contributed by atoms with Crippen LogP contribution in [0.25, 0.3) is 0 Å². The molecule has 2 fully saturated rings. The number of benzene rings is 1. The van der Waals surface area contributed by atoms with E-state index in [2.05, 4.69) is 35.8 Å². The van der Waals surface area contributed by atoms with Crippen molar-refractivity contribution in [1.82, 2.24) is 0 Å². The van der Waals surface area contributed by atoms with Crippen molar-refractivity contribution in [3.8, 4) is 0 Å². The minimum Gasteiger partial charge on any atom is -0.364 e. The highest BCUT2D eigenvalue weighted by Gasteiger charge is 2.34. The van der Waals surface area contributed by atoms with Crippen molar-refractivity contribution in [1.29, 1.82) is 0 Å². The summed E-state index contributed by atoms with van der Waals surface area (Å²) in [6.07, 6.45) is 9.39. The summed E-state index contributed by atoms with van der Waals surface area (Å²) in [5.41, 5.74) is 10.4. The molecule has 3 nitrogen and oxygen atoms in total. The molecule has 114 valence electrons. The van der Waals surface area contributed by atoms with Gasteiger partial charge >= 0.3 is 0 Å².